The number of aromatic nitrogens is 2. The van der Waals surface area contributed by atoms with Crippen molar-refractivity contribution in [1.82, 2.24) is 19.8 Å². The lowest BCUT2D eigenvalue weighted by Gasteiger charge is -2.41. The van der Waals surface area contributed by atoms with Crippen molar-refractivity contribution in [2.45, 2.75) is 24.9 Å². The molecule has 3 aromatic rings. The molecule has 148 valence electrons. The third-order valence-corrected chi connectivity index (χ3v) is 6.16. The summed E-state index contributed by atoms with van der Waals surface area (Å²) in [7, 11) is 1.62. The lowest BCUT2D eigenvalue weighted by molar-refractivity contribution is 0.0626. The van der Waals surface area contributed by atoms with E-state index in [-0.39, 0.29) is 11.4 Å². The van der Waals surface area contributed by atoms with Crippen molar-refractivity contribution < 1.29 is 9.53 Å². The first-order valence-electron chi connectivity index (χ1n) is 10.0. The van der Waals surface area contributed by atoms with Crippen LogP contribution < -0.4 is 10.1 Å². The van der Waals surface area contributed by atoms with E-state index in [1.165, 1.54) is 11.3 Å². The highest BCUT2D eigenvalue weighted by Gasteiger charge is 2.42. The molecule has 0 aliphatic carbocycles. The molecular weight excluding hydrogens is 364 g/mol. The fraction of sp³-hybridized carbons (Fsp3) is 0.304. The van der Waals surface area contributed by atoms with Crippen LogP contribution in [-0.2, 0) is 12.1 Å². The number of benzene rings is 2. The third-order valence-electron chi connectivity index (χ3n) is 6.16. The smallest absolute Gasteiger partial charge is 0.253 e. The van der Waals surface area contributed by atoms with Crippen LogP contribution in [0.25, 0.3) is 5.69 Å². The molecule has 1 amide bonds. The minimum atomic E-state index is -0.228. The molecule has 6 heteroatoms. The highest BCUT2D eigenvalue weighted by atomic mass is 16.5. The van der Waals surface area contributed by atoms with Crippen molar-refractivity contribution in [2.75, 3.05) is 20.2 Å². The summed E-state index contributed by atoms with van der Waals surface area (Å²) in [4.78, 5) is 19.7. The van der Waals surface area contributed by atoms with Gasteiger partial charge in [-0.2, -0.15) is 0 Å². The Labute approximate surface area is 170 Å². The number of hydrogen-bond acceptors (Lipinski definition) is 4. The number of hydrogen-bond donors (Lipinski definition) is 1. The van der Waals surface area contributed by atoms with Gasteiger partial charge in [0.2, 0.25) is 0 Å². The number of rotatable bonds is 2. The molecule has 6 nitrogen and oxygen atoms in total. The summed E-state index contributed by atoms with van der Waals surface area (Å²) in [5.41, 5.74) is 2.88. The molecule has 1 saturated heterocycles. The Morgan fingerprint density at radius 1 is 1.14 bits per heavy atom. The number of nitrogens with zero attached hydrogens (tertiary/aromatic N) is 3. The molecule has 1 N–H and O–H groups in total. The predicted molar refractivity (Wildman–Crippen MR) is 110 cm³/mol. The van der Waals surface area contributed by atoms with Gasteiger partial charge in [0.1, 0.15) is 11.6 Å². The first-order valence-corrected chi connectivity index (χ1v) is 10.0. The second-order valence-corrected chi connectivity index (χ2v) is 7.71. The zero-order valence-electron chi connectivity index (χ0n) is 16.5. The number of imidazole rings is 1. The Bertz CT molecular complexity index is 1050. The largest absolute Gasteiger partial charge is 0.497 e. The lowest BCUT2D eigenvalue weighted by atomic mass is 9.86. The van der Waals surface area contributed by atoms with E-state index < -0.39 is 0 Å². The van der Waals surface area contributed by atoms with Crippen LogP contribution in [-0.4, -0.2) is 40.6 Å². The van der Waals surface area contributed by atoms with Crippen LogP contribution in [0.3, 0.4) is 0 Å². The van der Waals surface area contributed by atoms with Crippen molar-refractivity contribution in [3.8, 4) is 11.4 Å². The predicted octanol–water partition coefficient (Wildman–Crippen LogP) is 3.12. The first-order chi connectivity index (χ1) is 14.2. The maximum atomic E-state index is 13.0. The lowest BCUT2D eigenvalue weighted by Crippen LogP contribution is -2.52. The average Bonchev–Trinajstić information content (AvgIpc) is 3.24. The highest BCUT2D eigenvalue weighted by Crippen LogP contribution is 2.37. The van der Waals surface area contributed by atoms with Crippen LogP contribution in [0.2, 0.25) is 0 Å². The number of amides is 1. The Kier molecular flexibility index (Phi) is 4.36. The molecule has 0 unspecified atom stereocenters. The molecule has 1 spiro atoms. The van der Waals surface area contributed by atoms with E-state index in [4.69, 9.17) is 9.72 Å². The van der Waals surface area contributed by atoms with Crippen molar-refractivity contribution in [3.63, 3.8) is 0 Å². The summed E-state index contributed by atoms with van der Waals surface area (Å²) in [6, 6.07) is 15.8. The minimum absolute atomic E-state index is 0.0546. The molecule has 0 radical (unpaired) electrons. The second kappa shape index (κ2) is 7.04. The Hall–Kier alpha value is -3.12. The van der Waals surface area contributed by atoms with Crippen LogP contribution in [0, 0.1) is 0 Å². The van der Waals surface area contributed by atoms with Gasteiger partial charge in [-0.05, 0) is 42.7 Å². The van der Waals surface area contributed by atoms with Gasteiger partial charge < -0.3 is 19.5 Å². The molecule has 3 heterocycles. The minimum Gasteiger partial charge on any atom is -0.497 e. The van der Waals surface area contributed by atoms with Crippen LogP contribution in [0.15, 0.2) is 60.9 Å². The molecule has 1 aromatic heterocycles. The van der Waals surface area contributed by atoms with Gasteiger partial charge in [-0.1, -0.05) is 24.3 Å². The maximum absolute atomic E-state index is 13.0. The molecule has 1 fully saturated rings. The molecule has 5 rings (SSSR count). The van der Waals surface area contributed by atoms with Gasteiger partial charge in [0.15, 0.2) is 0 Å². The van der Waals surface area contributed by atoms with Crippen molar-refractivity contribution >= 4 is 5.91 Å². The number of fused-ring (bicyclic) bond motifs is 4. The standard InChI is InChI=1S/C23H24N4O2/c1-29-19-7-4-6-17(15-19)21(28)26-12-9-23(10-13-26)22-24-11-14-27(22)20-8-3-2-5-18(20)16-25-23/h2-8,11,14-15,25H,9-10,12-13,16H2,1H3. The Morgan fingerprint density at radius 2 is 1.97 bits per heavy atom. The van der Waals surface area contributed by atoms with E-state index in [1.54, 1.807) is 13.2 Å². The van der Waals surface area contributed by atoms with Gasteiger partial charge in [-0.25, -0.2) is 4.98 Å². The van der Waals surface area contributed by atoms with E-state index in [9.17, 15) is 4.79 Å². The van der Waals surface area contributed by atoms with Crippen molar-refractivity contribution in [2.24, 2.45) is 0 Å². The number of methoxy groups -OCH3 is 1. The number of likely N-dealkylation sites (tertiary alicyclic amines) is 1. The Balaban J connectivity index is 1.39. The van der Waals surface area contributed by atoms with Gasteiger partial charge >= 0.3 is 0 Å². The quantitative estimate of drug-likeness (QED) is 0.733. The molecule has 0 saturated carbocycles. The average molecular weight is 388 g/mol. The fourth-order valence-electron chi connectivity index (χ4n) is 4.52. The molecule has 2 aliphatic heterocycles. The van der Waals surface area contributed by atoms with Gasteiger partial charge in [0, 0.05) is 37.6 Å². The summed E-state index contributed by atoms with van der Waals surface area (Å²) in [6.07, 6.45) is 5.56. The van der Waals surface area contributed by atoms with Crippen LogP contribution >= 0.6 is 0 Å². The summed E-state index contributed by atoms with van der Waals surface area (Å²) in [5, 5.41) is 3.77. The zero-order valence-corrected chi connectivity index (χ0v) is 16.5. The van der Waals surface area contributed by atoms with E-state index in [1.807, 2.05) is 35.5 Å². The van der Waals surface area contributed by atoms with Gasteiger partial charge in [-0.3, -0.25) is 4.79 Å². The molecular formula is C23H24N4O2. The summed E-state index contributed by atoms with van der Waals surface area (Å²) >= 11 is 0. The third kappa shape index (κ3) is 3.00. The Morgan fingerprint density at radius 3 is 2.79 bits per heavy atom. The highest BCUT2D eigenvalue weighted by molar-refractivity contribution is 5.94. The summed E-state index contributed by atoms with van der Waals surface area (Å²) in [6.45, 7) is 2.17. The van der Waals surface area contributed by atoms with Crippen LogP contribution in [0.1, 0.15) is 34.6 Å². The SMILES string of the molecule is COc1cccc(C(=O)N2CCC3(CC2)NCc2ccccc2-n2ccnc23)c1. The summed E-state index contributed by atoms with van der Waals surface area (Å²) in [5.74, 6) is 1.80. The summed E-state index contributed by atoms with van der Waals surface area (Å²) < 4.78 is 7.47. The zero-order chi connectivity index (χ0) is 19.8. The van der Waals surface area contributed by atoms with Crippen LogP contribution in [0.4, 0.5) is 0 Å². The topological polar surface area (TPSA) is 59.4 Å². The number of piperidine rings is 1. The van der Waals surface area contributed by atoms with Crippen molar-refractivity contribution in [3.05, 3.63) is 77.9 Å². The number of nitrogens with one attached hydrogen (secondary N) is 1. The number of ether oxygens (including phenoxy) is 1. The normalized spacial score (nSPS) is 17.3. The molecule has 0 bridgehead atoms. The van der Waals surface area contributed by atoms with E-state index in [0.29, 0.717) is 24.4 Å². The molecule has 29 heavy (non-hydrogen) atoms. The fourth-order valence-corrected chi connectivity index (χ4v) is 4.52. The van der Waals surface area contributed by atoms with E-state index >= 15 is 0 Å². The first kappa shape index (κ1) is 17.9. The molecule has 2 aliphatic rings. The second-order valence-electron chi connectivity index (χ2n) is 7.71. The van der Waals surface area contributed by atoms with Crippen LogP contribution in [0.5, 0.6) is 5.75 Å². The number of para-hydroxylation sites is 1. The monoisotopic (exact) mass is 388 g/mol. The van der Waals surface area contributed by atoms with E-state index in [0.717, 1.165) is 25.2 Å². The number of carbonyl (C=O) groups is 1. The molecule has 2 aromatic carbocycles. The van der Waals surface area contributed by atoms with Gasteiger partial charge in [-0.15, -0.1) is 0 Å². The maximum Gasteiger partial charge on any atom is 0.253 e. The molecule has 0 atom stereocenters. The van der Waals surface area contributed by atoms with Gasteiger partial charge in [0.05, 0.1) is 18.3 Å². The van der Waals surface area contributed by atoms with Gasteiger partial charge in [0.25, 0.3) is 5.91 Å². The number of carbonyl (C=O) groups excluding carboxylic acids is 1. The van der Waals surface area contributed by atoms with E-state index in [2.05, 4.69) is 34.1 Å². The van der Waals surface area contributed by atoms with Crippen molar-refractivity contribution in [1.29, 1.82) is 0 Å².